The van der Waals surface area contributed by atoms with Crippen LogP contribution in [0.2, 0.25) is 0 Å². The van der Waals surface area contributed by atoms with Crippen LogP contribution in [-0.2, 0) is 4.79 Å². The van der Waals surface area contributed by atoms with Crippen LogP contribution in [0.25, 0.3) is 27.5 Å². The number of ether oxygens (including phenoxy) is 1. The van der Waals surface area contributed by atoms with Crippen LogP contribution in [0.1, 0.15) is 26.7 Å². The molecule has 0 aliphatic heterocycles. The number of methoxy groups -OCH3 is 1. The van der Waals surface area contributed by atoms with Gasteiger partial charge in [0.05, 0.1) is 12.6 Å². The van der Waals surface area contributed by atoms with Gasteiger partial charge in [-0.3, -0.25) is 9.78 Å². The molecule has 0 radical (unpaired) electrons. The summed E-state index contributed by atoms with van der Waals surface area (Å²) in [5.74, 6) is 1.00. The lowest BCUT2D eigenvalue weighted by Gasteiger charge is -2.45. The van der Waals surface area contributed by atoms with Gasteiger partial charge in [0.25, 0.3) is 0 Å². The molecule has 1 amide bonds. The summed E-state index contributed by atoms with van der Waals surface area (Å²) in [7, 11) is 1.62. The average Bonchev–Trinajstić information content (AvgIpc) is 3.15. The number of hydrogen-bond donors (Lipinski definition) is 2. The molecule has 0 saturated heterocycles. The standard InChI is InChI=1S/C23H24N6O2/c1-14(30)27-23(2)12-17(13-23)25-22-26-21(31-3)20-18(8-10-29(20)28-22)15-6-7-19-16(11-15)5-4-9-24-19/h4-11,17H,12-13H2,1-3H3,(H,25,28)(H,27,30). The number of carbonyl (C=O) groups excluding carboxylic acids is 1. The van der Waals surface area contributed by atoms with Crippen LogP contribution in [0.5, 0.6) is 5.88 Å². The minimum absolute atomic E-state index is 0.00960. The summed E-state index contributed by atoms with van der Waals surface area (Å²) >= 11 is 0. The quantitative estimate of drug-likeness (QED) is 0.518. The number of nitrogens with zero attached hydrogens (tertiary/aromatic N) is 4. The van der Waals surface area contributed by atoms with Crippen molar-refractivity contribution in [3.63, 3.8) is 0 Å². The van der Waals surface area contributed by atoms with E-state index < -0.39 is 0 Å². The van der Waals surface area contributed by atoms with Gasteiger partial charge in [-0.05, 0) is 49.6 Å². The van der Waals surface area contributed by atoms with Crippen LogP contribution < -0.4 is 15.4 Å². The van der Waals surface area contributed by atoms with Gasteiger partial charge in [-0.2, -0.15) is 4.98 Å². The molecule has 4 aromatic rings. The van der Waals surface area contributed by atoms with E-state index in [1.807, 2.05) is 36.5 Å². The van der Waals surface area contributed by atoms with Crippen molar-refractivity contribution in [2.45, 2.75) is 38.3 Å². The van der Waals surface area contributed by atoms with E-state index in [0.29, 0.717) is 11.8 Å². The number of aromatic nitrogens is 4. The Morgan fingerprint density at radius 3 is 2.87 bits per heavy atom. The molecule has 0 unspecified atom stereocenters. The molecule has 0 atom stereocenters. The maximum absolute atomic E-state index is 11.4. The molecular formula is C23H24N6O2. The molecule has 0 spiro atoms. The Kier molecular flexibility index (Phi) is 4.50. The monoisotopic (exact) mass is 416 g/mol. The van der Waals surface area contributed by atoms with Crippen molar-refractivity contribution in [1.82, 2.24) is 24.9 Å². The molecule has 31 heavy (non-hydrogen) atoms. The molecule has 8 heteroatoms. The highest BCUT2D eigenvalue weighted by Gasteiger charge is 2.41. The largest absolute Gasteiger partial charge is 0.479 e. The zero-order valence-corrected chi connectivity index (χ0v) is 17.7. The van der Waals surface area contributed by atoms with Crippen LogP contribution in [0.15, 0.2) is 48.8 Å². The zero-order valence-electron chi connectivity index (χ0n) is 17.7. The van der Waals surface area contributed by atoms with E-state index in [4.69, 9.17) is 4.74 Å². The highest BCUT2D eigenvalue weighted by atomic mass is 16.5. The number of rotatable bonds is 5. The number of fused-ring (bicyclic) bond motifs is 2. The average molecular weight is 416 g/mol. The Hall–Kier alpha value is -3.68. The highest BCUT2D eigenvalue weighted by molar-refractivity contribution is 5.90. The molecule has 3 aromatic heterocycles. The van der Waals surface area contributed by atoms with Crippen molar-refractivity contribution < 1.29 is 9.53 Å². The van der Waals surface area contributed by atoms with Gasteiger partial charge in [0.1, 0.15) is 5.52 Å². The Labute approximate surface area is 179 Å². The summed E-state index contributed by atoms with van der Waals surface area (Å²) in [5, 5.41) is 12.1. The highest BCUT2D eigenvalue weighted by Crippen LogP contribution is 2.35. The summed E-state index contributed by atoms with van der Waals surface area (Å²) in [4.78, 5) is 20.4. The Morgan fingerprint density at radius 1 is 1.26 bits per heavy atom. The first kappa shape index (κ1) is 19.3. The van der Waals surface area contributed by atoms with Gasteiger partial charge in [-0.15, -0.1) is 5.10 Å². The van der Waals surface area contributed by atoms with Crippen molar-refractivity contribution in [3.05, 3.63) is 48.8 Å². The second kappa shape index (κ2) is 7.23. The first-order valence-corrected chi connectivity index (χ1v) is 10.3. The van der Waals surface area contributed by atoms with Gasteiger partial charge < -0.3 is 15.4 Å². The minimum atomic E-state index is -0.177. The van der Waals surface area contributed by atoms with Crippen molar-refractivity contribution in [2.75, 3.05) is 12.4 Å². The molecule has 1 saturated carbocycles. The van der Waals surface area contributed by atoms with E-state index in [-0.39, 0.29) is 17.5 Å². The summed E-state index contributed by atoms with van der Waals surface area (Å²) in [6, 6.07) is 12.4. The molecule has 2 N–H and O–H groups in total. The van der Waals surface area contributed by atoms with Crippen molar-refractivity contribution in [1.29, 1.82) is 0 Å². The van der Waals surface area contributed by atoms with E-state index in [9.17, 15) is 4.79 Å². The van der Waals surface area contributed by atoms with Gasteiger partial charge >= 0.3 is 0 Å². The molecule has 0 bridgehead atoms. The van der Waals surface area contributed by atoms with Gasteiger partial charge in [0.2, 0.25) is 17.7 Å². The number of nitrogens with one attached hydrogen (secondary N) is 2. The van der Waals surface area contributed by atoms with Crippen LogP contribution >= 0.6 is 0 Å². The van der Waals surface area contributed by atoms with Crippen LogP contribution in [0, 0.1) is 0 Å². The second-order valence-corrected chi connectivity index (χ2v) is 8.37. The van der Waals surface area contributed by atoms with Gasteiger partial charge in [0.15, 0.2) is 0 Å². The smallest absolute Gasteiger partial charge is 0.244 e. The van der Waals surface area contributed by atoms with E-state index >= 15 is 0 Å². The normalized spacial score (nSPS) is 20.4. The fourth-order valence-electron chi connectivity index (χ4n) is 4.51. The lowest BCUT2D eigenvalue weighted by molar-refractivity contribution is -0.121. The summed E-state index contributed by atoms with van der Waals surface area (Å²) in [6.07, 6.45) is 5.34. The molecule has 3 heterocycles. The molecule has 1 aliphatic rings. The summed E-state index contributed by atoms with van der Waals surface area (Å²) in [5.41, 5.74) is 3.64. The topological polar surface area (TPSA) is 93.4 Å². The fourth-order valence-corrected chi connectivity index (χ4v) is 4.51. The molecule has 1 fully saturated rings. The number of anilines is 1. The maximum Gasteiger partial charge on any atom is 0.244 e. The molecule has 8 nitrogen and oxygen atoms in total. The van der Waals surface area contributed by atoms with Crippen LogP contribution in [0.4, 0.5) is 5.95 Å². The third-order valence-electron chi connectivity index (χ3n) is 5.79. The third kappa shape index (κ3) is 3.54. The summed E-state index contributed by atoms with van der Waals surface area (Å²) in [6.45, 7) is 3.60. The Bertz CT molecular complexity index is 1290. The fraction of sp³-hybridized carbons (Fsp3) is 0.304. The molecule has 158 valence electrons. The van der Waals surface area contributed by atoms with E-state index in [0.717, 1.165) is 40.4 Å². The van der Waals surface area contributed by atoms with E-state index in [2.05, 4.69) is 38.7 Å². The molecule has 5 rings (SSSR count). The molecule has 1 aromatic carbocycles. The third-order valence-corrected chi connectivity index (χ3v) is 5.79. The van der Waals surface area contributed by atoms with Gasteiger partial charge in [0, 0.05) is 41.8 Å². The predicted octanol–water partition coefficient (Wildman–Crippen LogP) is 3.42. The van der Waals surface area contributed by atoms with Crippen molar-refractivity contribution in [3.8, 4) is 17.0 Å². The number of hydrogen-bond acceptors (Lipinski definition) is 6. The lowest BCUT2D eigenvalue weighted by Crippen LogP contribution is -2.59. The van der Waals surface area contributed by atoms with E-state index in [1.165, 1.54) is 0 Å². The second-order valence-electron chi connectivity index (χ2n) is 8.37. The van der Waals surface area contributed by atoms with Crippen molar-refractivity contribution in [2.24, 2.45) is 0 Å². The number of benzene rings is 1. The van der Waals surface area contributed by atoms with Gasteiger partial charge in [-0.1, -0.05) is 12.1 Å². The number of carbonyl (C=O) groups is 1. The zero-order chi connectivity index (χ0) is 21.6. The first-order chi connectivity index (χ1) is 14.9. The summed E-state index contributed by atoms with van der Waals surface area (Å²) < 4.78 is 7.42. The van der Waals surface area contributed by atoms with Crippen LogP contribution in [0.3, 0.4) is 0 Å². The number of amides is 1. The number of pyridine rings is 1. The van der Waals surface area contributed by atoms with Crippen molar-refractivity contribution >= 4 is 28.3 Å². The van der Waals surface area contributed by atoms with Crippen LogP contribution in [-0.4, -0.2) is 44.2 Å². The lowest BCUT2D eigenvalue weighted by atomic mass is 9.74. The molecule has 1 aliphatic carbocycles. The molecular weight excluding hydrogens is 392 g/mol. The minimum Gasteiger partial charge on any atom is -0.479 e. The SMILES string of the molecule is COc1nc(NC2CC(C)(NC(C)=O)C2)nn2ccc(-c3ccc4ncccc4c3)c12. The maximum atomic E-state index is 11.4. The Morgan fingerprint density at radius 2 is 2.10 bits per heavy atom. The Balaban J connectivity index is 1.45. The predicted molar refractivity (Wildman–Crippen MR) is 119 cm³/mol. The first-order valence-electron chi connectivity index (χ1n) is 10.3. The van der Waals surface area contributed by atoms with Gasteiger partial charge in [-0.25, -0.2) is 4.52 Å². The van der Waals surface area contributed by atoms with E-state index in [1.54, 1.807) is 24.7 Å².